The third-order valence-corrected chi connectivity index (χ3v) is 7.51. The molecule has 0 rings (SSSR count). The van der Waals surface area contributed by atoms with Gasteiger partial charge in [-0.25, -0.2) is 9.59 Å². The summed E-state index contributed by atoms with van der Waals surface area (Å²) in [5, 5.41) is 19.7. The van der Waals surface area contributed by atoms with E-state index in [1.165, 1.54) is 25.7 Å². The molecule has 0 amide bonds. The molecule has 0 aromatic rings. The van der Waals surface area contributed by atoms with Gasteiger partial charge in [0.1, 0.15) is 13.2 Å². The molecule has 0 bridgehead atoms. The summed E-state index contributed by atoms with van der Waals surface area (Å²) in [6, 6.07) is 0. The summed E-state index contributed by atoms with van der Waals surface area (Å²) in [4.78, 5) is 41.0. The quantitative estimate of drug-likeness (QED) is 0.0951. The van der Waals surface area contributed by atoms with Gasteiger partial charge in [0.25, 0.3) is 0 Å². The monoisotopic (exact) mass is 608 g/mol. The molecule has 0 heterocycles. The molecule has 11 heteroatoms. The summed E-state index contributed by atoms with van der Waals surface area (Å²) in [5.41, 5.74) is 0. The Kier molecular flexibility index (Phi) is 34.5. The first-order chi connectivity index (χ1) is 16.7. The molecule has 0 aliphatic carbocycles. The number of aliphatic carboxylic acids is 2. The number of carbonyl (C=O) groups is 4. The molecule has 0 aromatic carbocycles. The molecule has 35 heavy (non-hydrogen) atoms. The largest absolute Gasteiger partial charge is 0.545 e. The number of carbonyl (C=O) groups excluding carboxylic acids is 4. The molecule has 0 fully saturated rings. The fourth-order valence-corrected chi connectivity index (χ4v) is 5.95. The molecule has 200 valence electrons. The zero-order valence-corrected chi connectivity index (χ0v) is 24.2. The predicted octanol–water partition coefficient (Wildman–Crippen LogP) is 0.872. The van der Waals surface area contributed by atoms with E-state index in [1.54, 1.807) is 8.87 Å². The van der Waals surface area contributed by atoms with Crippen LogP contribution in [0, 0.1) is 0 Å². The van der Waals surface area contributed by atoms with Gasteiger partial charge in [-0.3, -0.25) is 0 Å². The van der Waals surface area contributed by atoms with Crippen LogP contribution in [0.3, 0.4) is 0 Å². The van der Waals surface area contributed by atoms with E-state index in [9.17, 15) is 29.4 Å². The van der Waals surface area contributed by atoms with Gasteiger partial charge in [-0.05, 0) is 26.0 Å². The van der Waals surface area contributed by atoms with Crippen molar-refractivity contribution in [3.8, 4) is 0 Å². The van der Waals surface area contributed by atoms with Gasteiger partial charge in [0.05, 0.1) is 25.2 Å². The van der Waals surface area contributed by atoms with Crippen molar-refractivity contribution >= 4 is 45.0 Å². The van der Waals surface area contributed by atoms with Gasteiger partial charge in [-0.2, -0.15) is 0 Å². The summed E-state index contributed by atoms with van der Waals surface area (Å²) < 4.78 is 22.1. The number of carboxylic acids is 2. The normalized spacial score (nSPS) is 9.94. The van der Waals surface area contributed by atoms with Crippen molar-refractivity contribution in [2.75, 3.05) is 39.6 Å². The van der Waals surface area contributed by atoms with Gasteiger partial charge >= 0.3 is 81.5 Å². The first-order valence-corrected chi connectivity index (χ1v) is 15.8. The summed E-state index contributed by atoms with van der Waals surface area (Å²) in [6.45, 7) is 10.2. The molecule has 10 nitrogen and oxygen atoms in total. The van der Waals surface area contributed by atoms with Gasteiger partial charge in [-0.1, -0.05) is 0 Å². The Labute approximate surface area is 219 Å². The minimum absolute atomic E-state index is 0.115. The fraction of sp³-hybridized carbons (Fsp3) is 0.667. The molecular weight excluding hydrogens is 567 g/mol. The van der Waals surface area contributed by atoms with Crippen LogP contribution < -0.4 is 10.2 Å². The van der Waals surface area contributed by atoms with E-state index >= 15 is 0 Å². The number of ether oxygens (including phenoxy) is 4. The molecule has 0 radical (unpaired) electrons. The van der Waals surface area contributed by atoms with E-state index in [0.717, 1.165) is 12.2 Å². The molecule has 0 atom stereocenters. The van der Waals surface area contributed by atoms with Gasteiger partial charge in [0.15, 0.2) is 0 Å². The van der Waals surface area contributed by atoms with Gasteiger partial charge in [0, 0.05) is 25.4 Å². The standard InChI is InChI=1S/2C8H12O5.2C4H9.Sn/c2*1-2-12-5-6-13-8(11)4-3-7(9)10;2*1-3-4-2;/h2*3-4H,2,5-6H2,1H3,(H,9,10);2*1,3-4H2,2H3;/q;;;;+2/p-2/b2*4-3-;;;. The maximum absolute atomic E-state index is 10.7. The topological polar surface area (TPSA) is 151 Å². The van der Waals surface area contributed by atoms with E-state index in [0.29, 0.717) is 38.6 Å². The van der Waals surface area contributed by atoms with Crippen LogP contribution in [0.25, 0.3) is 0 Å². The van der Waals surface area contributed by atoms with Crippen LogP contribution in [0.4, 0.5) is 0 Å². The predicted molar refractivity (Wildman–Crippen MR) is 128 cm³/mol. The Morgan fingerprint density at radius 1 is 0.629 bits per heavy atom. The third kappa shape index (κ3) is 42.7. The maximum atomic E-state index is 10.7. The van der Waals surface area contributed by atoms with Crippen LogP contribution in [0.2, 0.25) is 8.87 Å². The number of rotatable bonds is 18. The molecule has 0 saturated heterocycles. The van der Waals surface area contributed by atoms with Crippen LogP contribution in [0.5, 0.6) is 0 Å². The number of esters is 2. The Hall–Kier alpha value is -1.92. The second-order valence-electron chi connectivity index (χ2n) is 6.49. The molecule has 0 aromatic heterocycles. The molecule has 0 saturated carbocycles. The molecule has 0 spiro atoms. The van der Waals surface area contributed by atoms with Crippen LogP contribution >= 0.6 is 0 Å². The van der Waals surface area contributed by atoms with Crippen molar-refractivity contribution < 1.29 is 48.3 Å². The SMILES string of the molecule is CCC[CH2][Sn+2][CH2]CCC.CCOCCOC(=O)/C=C\C(=O)[O-].CCOCCOC(=O)/C=C\C(=O)[O-]. The molecule has 0 aliphatic rings. The number of carboxylic acid groups (broad SMARTS) is 2. The smallest absolute Gasteiger partial charge is 0.330 e. The van der Waals surface area contributed by atoms with Crippen LogP contribution in [-0.4, -0.2) is 84.7 Å². The molecule has 0 aliphatic heterocycles. The number of hydrogen-bond donors (Lipinski definition) is 0. The number of unbranched alkanes of at least 4 members (excludes halogenated alkanes) is 2. The van der Waals surface area contributed by atoms with E-state index in [2.05, 4.69) is 23.3 Å². The Morgan fingerprint density at radius 3 is 1.29 bits per heavy atom. The zero-order chi connectivity index (χ0) is 27.2. The second kappa shape index (κ2) is 32.1. The summed E-state index contributed by atoms with van der Waals surface area (Å²) in [7, 11) is 0. The Morgan fingerprint density at radius 2 is 1.00 bits per heavy atom. The molecular formula is C24H40O10Sn. The zero-order valence-electron chi connectivity index (χ0n) is 21.4. The molecule has 0 N–H and O–H groups in total. The van der Waals surface area contributed by atoms with E-state index in [-0.39, 0.29) is 34.4 Å². The maximum Gasteiger partial charge on any atom is 0.330 e. The van der Waals surface area contributed by atoms with Crippen molar-refractivity contribution in [3.05, 3.63) is 24.3 Å². The first-order valence-electron chi connectivity index (χ1n) is 11.7. The van der Waals surface area contributed by atoms with Crippen molar-refractivity contribution in [2.24, 2.45) is 0 Å². The van der Waals surface area contributed by atoms with Crippen LogP contribution in [0.15, 0.2) is 24.3 Å². The van der Waals surface area contributed by atoms with Crippen LogP contribution in [-0.2, 0) is 38.1 Å². The van der Waals surface area contributed by atoms with Crippen molar-refractivity contribution in [1.82, 2.24) is 0 Å². The van der Waals surface area contributed by atoms with Crippen LogP contribution in [0.1, 0.15) is 53.4 Å². The van der Waals surface area contributed by atoms with E-state index in [1.807, 2.05) is 13.8 Å². The Bertz CT molecular complexity index is 541. The summed E-state index contributed by atoms with van der Waals surface area (Å²) >= 11 is 0.149. The second-order valence-corrected chi connectivity index (χ2v) is 10.8. The summed E-state index contributed by atoms with van der Waals surface area (Å²) in [6.07, 6.45) is 8.65. The average Bonchev–Trinajstić information content (AvgIpc) is 2.83. The van der Waals surface area contributed by atoms with Crippen molar-refractivity contribution in [3.63, 3.8) is 0 Å². The van der Waals surface area contributed by atoms with Gasteiger partial charge in [0.2, 0.25) is 0 Å². The van der Waals surface area contributed by atoms with Crippen molar-refractivity contribution in [1.29, 1.82) is 0 Å². The summed E-state index contributed by atoms with van der Waals surface area (Å²) in [5.74, 6) is -4.30. The molecule has 0 unspecified atom stereocenters. The van der Waals surface area contributed by atoms with Crippen molar-refractivity contribution in [2.45, 2.75) is 62.3 Å². The van der Waals surface area contributed by atoms with Gasteiger partial charge in [-0.15, -0.1) is 0 Å². The minimum atomic E-state index is -1.43. The first kappa shape index (κ1) is 37.6. The van der Waals surface area contributed by atoms with E-state index < -0.39 is 23.9 Å². The van der Waals surface area contributed by atoms with Gasteiger partial charge < -0.3 is 38.7 Å². The number of hydrogen-bond acceptors (Lipinski definition) is 10. The third-order valence-electron chi connectivity index (χ3n) is 3.48. The van der Waals surface area contributed by atoms with E-state index in [4.69, 9.17) is 9.47 Å². The minimum Gasteiger partial charge on any atom is -0.545 e. The fourth-order valence-electron chi connectivity index (χ4n) is 1.79. The average molecular weight is 607 g/mol. The Balaban J connectivity index is -0.000000448.